The van der Waals surface area contributed by atoms with Gasteiger partial charge in [0, 0.05) is 26.2 Å². The van der Waals surface area contributed by atoms with Gasteiger partial charge in [0.2, 0.25) is 0 Å². The van der Waals surface area contributed by atoms with Crippen molar-refractivity contribution in [2.75, 3.05) is 49.1 Å². The van der Waals surface area contributed by atoms with Crippen molar-refractivity contribution >= 4 is 32.2 Å². The molecule has 0 saturated carbocycles. The summed E-state index contributed by atoms with van der Waals surface area (Å²) < 4.78 is 28.8. The molecule has 0 spiro atoms. The molecular weight excluding hydrogens is 296 g/mol. The number of aromatic nitrogens is 1. The molecule has 1 aromatic rings. The number of anilines is 2. The number of piperazine rings is 1. The normalized spacial score (nSPS) is 17.6. The quantitative estimate of drug-likeness (QED) is 0.874. The van der Waals surface area contributed by atoms with E-state index in [0.29, 0.717) is 11.4 Å². The monoisotopic (exact) mass is 318 g/mol. The zero-order chi connectivity index (χ0) is 14.8. The highest BCUT2D eigenvalue weighted by Gasteiger charge is 2.29. The van der Waals surface area contributed by atoms with Gasteiger partial charge in [-0.25, -0.2) is 8.42 Å². The first-order valence-corrected chi connectivity index (χ1v) is 9.37. The van der Waals surface area contributed by atoms with Crippen molar-refractivity contribution in [2.45, 2.75) is 25.2 Å². The maximum absolute atomic E-state index is 12.3. The molecule has 6 nitrogen and oxygen atoms in total. The third kappa shape index (κ3) is 3.07. The highest BCUT2D eigenvalue weighted by Crippen LogP contribution is 2.36. The third-order valence-electron chi connectivity index (χ3n) is 3.55. The summed E-state index contributed by atoms with van der Waals surface area (Å²) in [6.07, 6.45) is 0.584. The first-order valence-electron chi connectivity index (χ1n) is 6.94. The van der Waals surface area contributed by atoms with Crippen molar-refractivity contribution in [3.05, 3.63) is 0 Å². The summed E-state index contributed by atoms with van der Waals surface area (Å²) in [4.78, 5) is 4.69. The van der Waals surface area contributed by atoms with Crippen LogP contribution in [0.3, 0.4) is 0 Å². The topological polar surface area (TPSA) is 79.5 Å². The van der Waals surface area contributed by atoms with E-state index in [1.807, 2.05) is 6.92 Å². The van der Waals surface area contributed by atoms with Crippen molar-refractivity contribution in [1.29, 1.82) is 0 Å². The molecule has 0 aromatic carbocycles. The molecule has 0 atom stereocenters. The molecule has 114 valence electrons. The van der Waals surface area contributed by atoms with Crippen LogP contribution in [-0.2, 0) is 9.84 Å². The summed E-state index contributed by atoms with van der Waals surface area (Å²) in [6, 6.07) is 0. The lowest BCUT2D eigenvalue weighted by atomic mass is 10.3. The van der Waals surface area contributed by atoms with Crippen LogP contribution in [0.4, 0.5) is 10.8 Å². The molecule has 0 amide bonds. The van der Waals surface area contributed by atoms with E-state index in [-0.39, 0.29) is 16.5 Å². The molecule has 0 aliphatic carbocycles. The van der Waals surface area contributed by atoms with E-state index in [9.17, 15) is 8.42 Å². The number of sulfone groups is 1. The standard InChI is InChI=1S/C12H22N4O2S2/c1-3-9-20(17,18)10-11(13)14-19-12(10)16-7-5-15(4-2)6-8-16/h3-9H2,1-2H3,(H2,13,14). The molecule has 0 bridgehead atoms. The average Bonchev–Trinajstić information content (AvgIpc) is 2.81. The fourth-order valence-corrected chi connectivity index (χ4v) is 5.23. The van der Waals surface area contributed by atoms with E-state index < -0.39 is 9.84 Å². The molecule has 1 fully saturated rings. The van der Waals surface area contributed by atoms with Gasteiger partial charge in [0.15, 0.2) is 15.7 Å². The predicted octanol–water partition coefficient (Wildman–Crippen LogP) is 1.05. The smallest absolute Gasteiger partial charge is 0.185 e. The minimum absolute atomic E-state index is 0.123. The van der Waals surface area contributed by atoms with Gasteiger partial charge in [0.1, 0.15) is 9.90 Å². The molecule has 1 aliphatic rings. The van der Waals surface area contributed by atoms with Gasteiger partial charge in [-0.1, -0.05) is 13.8 Å². The minimum atomic E-state index is -3.33. The molecule has 1 aliphatic heterocycles. The molecule has 1 aromatic heterocycles. The largest absolute Gasteiger partial charge is 0.382 e. The summed E-state index contributed by atoms with van der Waals surface area (Å²) in [5.41, 5.74) is 5.80. The average molecular weight is 318 g/mol. The molecule has 20 heavy (non-hydrogen) atoms. The minimum Gasteiger partial charge on any atom is -0.382 e. The van der Waals surface area contributed by atoms with Gasteiger partial charge >= 0.3 is 0 Å². The Bertz CT molecular complexity index is 548. The maximum Gasteiger partial charge on any atom is 0.185 e. The second-order valence-corrected chi connectivity index (χ2v) is 7.74. The second-order valence-electron chi connectivity index (χ2n) is 4.94. The molecule has 2 N–H and O–H groups in total. The Morgan fingerprint density at radius 2 is 1.90 bits per heavy atom. The van der Waals surface area contributed by atoms with Crippen LogP contribution in [0.25, 0.3) is 0 Å². The molecule has 0 unspecified atom stereocenters. The van der Waals surface area contributed by atoms with Gasteiger partial charge in [-0.15, -0.1) is 0 Å². The van der Waals surface area contributed by atoms with Crippen molar-refractivity contribution in [3.8, 4) is 0 Å². The first-order chi connectivity index (χ1) is 9.49. The number of likely N-dealkylation sites (N-methyl/N-ethyl adjacent to an activating group) is 1. The van der Waals surface area contributed by atoms with Crippen LogP contribution in [0.15, 0.2) is 4.90 Å². The van der Waals surface area contributed by atoms with Gasteiger partial charge in [-0.3, -0.25) is 0 Å². The number of nitrogen functional groups attached to an aromatic ring is 1. The second kappa shape index (κ2) is 6.28. The van der Waals surface area contributed by atoms with Crippen LogP contribution in [0, 0.1) is 0 Å². The lowest BCUT2D eigenvalue weighted by molar-refractivity contribution is 0.271. The SMILES string of the molecule is CCCS(=O)(=O)c1c(N)nsc1N1CCN(CC)CC1. The number of nitrogens with two attached hydrogens (primary N) is 1. The lowest BCUT2D eigenvalue weighted by Gasteiger charge is -2.34. The number of hydrogen-bond acceptors (Lipinski definition) is 7. The number of rotatable bonds is 5. The number of hydrogen-bond donors (Lipinski definition) is 1. The summed E-state index contributed by atoms with van der Waals surface area (Å²) in [6.45, 7) is 8.56. The summed E-state index contributed by atoms with van der Waals surface area (Å²) in [5.74, 6) is 0.272. The highest BCUT2D eigenvalue weighted by molar-refractivity contribution is 7.91. The van der Waals surface area contributed by atoms with Gasteiger partial charge in [-0.05, 0) is 24.5 Å². The molecule has 1 saturated heterocycles. The van der Waals surface area contributed by atoms with E-state index in [1.165, 1.54) is 11.5 Å². The summed E-state index contributed by atoms with van der Waals surface area (Å²) in [5, 5.41) is 0.715. The summed E-state index contributed by atoms with van der Waals surface area (Å²) >= 11 is 1.20. The van der Waals surface area contributed by atoms with Crippen LogP contribution < -0.4 is 10.6 Å². The fourth-order valence-electron chi connectivity index (χ4n) is 2.42. The van der Waals surface area contributed by atoms with Crippen LogP contribution >= 0.6 is 11.5 Å². The van der Waals surface area contributed by atoms with E-state index in [0.717, 1.165) is 32.7 Å². The Morgan fingerprint density at radius 3 is 2.45 bits per heavy atom. The Morgan fingerprint density at radius 1 is 1.25 bits per heavy atom. The molecule has 2 heterocycles. The van der Waals surface area contributed by atoms with Crippen LogP contribution in [0.1, 0.15) is 20.3 Å². The molecule has 2 rings (SSSR count). The zero-order valence-corrected chi connectivity index (χ0v) is 13.6. The maximum atomic E-state index is 12.3. The van der Waals surface area contributed by atoms with Gasteiger partial charge in [0.25, 0.3) is 0 Å². The first kappa shape index (κ1) is 15.5. The number of nitrogens with zero attached hydrogens (tertiary/aromatic N) is 3. The Labute approximate surface area is 124 Å². The Hall–Kier alpha value is -0.860. The van der Waals surface area contributed by atoms with Crippen LogP contribution in [0.5, 0.6) is 0 Å². The predicted molar refractivity (Wildman–Crippen MR) is 83.2 cm³/mol. The van der Waals surface area contributed by atoms with E-state index in [2.05, 4.69) is 21.1 Å². The highest BCUT2D eigenvalue weighted by atomic mass is 32.2. The zero-order valence-electron chi connectivity index (χ0n) is 12.0. The third-order valence-corrected chi connectivity index (χ3v) is 6.57. The van der Waals surface area contributed by atoms with Crippen molar-refractivity contribution in [3.63, 3.8) is 0 Å². The van der Waals surface area contributed by atoms with Crippen molar-refractivity contribution in [2.24, 2.45) is 0 Å². The fraction of sp³-hybridized carbons (Fsp3) is 0.750. The van der Waals surface area contributed by atoms with Crippen LogP contribution in [0.2, 0.25) is 0 Å². The van der Waals surface area contributed by atoms with E-state index in [1.54, 1.807) is 0 Å². The van der Waals surface area contributed by atoms with Crippen molar-refractivity contribution in [1.82, 2.24) is 9.27 Å². The van der Waals surface area contributed by atoms with Crippen LogP contribution in [-0.4, -0.2) is 56.2 Å². The Balaban J connectivity index is 2.26. The lowest BCUT2D eigenvalue weighted by Crippen LogP contribution is -2.46. The van der Waals surface area contributed by atoms with Crippen molar-refractivity contribution < 1.29 is 8.42 Å². The van der Waals surface area contributed by atoms with Gasteiger partial charge in [-0.2, -0.15) is 4.37 Å². The van der Waals surface area contributed by atoms with Gasteiger partial charge < -0.3 is 15.5 Å². The van der Waals surface area contributed by atoms with Gasteiger partial charge in [0.05, 0.1) is 5.75 Å². The Kier molecular flexibility index (Phi) is 4.87. The summed E-state index contributed by atoms with van der Waals surface area (Å²) in [7, 11) is -3.33. The van der Waals surface area contributed by atoms with E-state index in [4.69, 9.17) is 5.73 Å². The molecular formula is C12H22N4O2S2. The van der Waals surface area contributed by atoms with E-state index >= 15 is 0 Å². The molecule has 8 heteroatoms. The molecule has 0 radical (unpaired) electrons.